The van der Waals surface area contributed by atoms with E-state index >= 15 is 0 Å². The van der Waals surface area contributed by atoms with Gasteiger partial charge < -0.3 is 19.5 Å². The minimum Gasteiger partial charge on any atom is -0.478 e. The zero-order valence-corrected chi connectivity index (χ0v) is 12.9. The van der Waals surface area contributed by atoms with Gasteiger partial charge in [-0.3, -0.25) is 4.79 Å². The van der Waals surface area contributed by atoms with Crippen molar-refractivity contribution < 1.29 is 24.2 Å². The molecule has 116 valence electrons. The van der Waals surface area contributed by atoms with Crippen molar-refractivity contribution >= 4 is 29.3 Å². The molecular weight excluding hydrogens is 294 g/mol. The summed E-state index contributed by atoms with van der Waals surface area (Å²) in [6.07, 6.45) is 2.45. The topological polar surface area (TPSA) is 76.1 Å². The van der Waals surface area contributed by atoms with Crippen LogP contribution in [0.2, 0.25) is 0 Å². The number of hydrogen-bond acceptors (Lipinski definition) is 5. The Balaban J connectivity index is 2.87. The van der Waals surface area contributed by atoms with Gasteiger partial charge in [0, 0.05) is 33.4 Å². The van der Waals surface area contributed by atoms with E-state index in [1.54, 1.807) is 30.6 Å². The van der Waals surface area contributed by atoms with Gasteiger partial charge in [0.2, 0.25) is 0 Å². The summed E-state index contributed by atoms with van der Waals surface area (Å²) in [5.41, 5.74) is 0.604. The number of carbonyl (C=O) groups is 2. The van der Waals surface area contributed by atoms with Gasteiger partial charge in [-0.05, 0) is 23.1 Å². The summed E-state index contributed by atoms with van der Waals surface area (Å²) in [6, 6.07) is 1.72. The Bertz CT molecular complexity index is 489. The molecule has 0 saturated heterocycles. The standard InChI is InChI=1S/C14H19NO5S/c1-19-8-6-15(7-9-20-2)14(18)13-11(5-10-21-13)3-4-12(16)17/h3-5,10H,6-9H2,1-2H3,(H,16,17). The smallest absolute Gasteiger partial charge is 0.328 e. The minimum atomic E-state index is -1.05. The number of aliphatic carboxylic acids is 1. The Labute approximate surface area is 127 Å². The predicted molar refractivity (Wildman–Crippen MR) is 80.6 cm³/mol. The van der Waals surface area contributed by atoms with Crippen molar-refractivity contribution in [3.63, 3.8) is 0 Å². The van der Waals surface area contributed by atoms with Crippen LogP contribution in [-0.4, -0.2) is 62.4 Å². The predicted octanol–water partition coefficient (Wildman–Crippen LogP) is 1.58. The van der Waals surface area contributed by atoms with Crippen LogP contribution in [0.5, 0.6) is 0 Å². The molecule has 0 fully saturated rings. The molecule has 1 heterocycles. The van der Waals surface area contributed by atoms with Crippen LogP contribution in [0, 0.1) is 0 Å². The van der Waals surface area contributed by atoms with E-state index in [2.05, 4.69) is 0 Å². The average molecular weight is 313 g/mol. The molecular formula is C14H19NO5S. The van der Waals surface area contributed by atoms with E-state index in [4.69, 9.17) is 14.6 Å². The molecule has 7 heteroatoms. The van der Waals surface area contributed by atoms with Gasteiger partial charge in [-0.1, -0.05) is 0 Å². The van der Waals surface area contributed by atoms with Crippen molar-refractivity contribution in [1.82, 2.24) is 4.90 Å². The van der Waals surface area contributed by atoms with Gasteiger partial charge in [-0.15, -0.1) is 11.3 Å². The lowest BCUT2D eigenvalue weighted by Crippen LogP contribution is -2.36. The third-order valence-electron chi connectivity index (χ3n) is 2.71. The van der Waals surface area contributed by atoms with Crippen LogP contribution >= 0.6 is 11.3 Å². The summed E-state index contributed by atoms with van der Waals surface area (Å²) in [5.74, 6) is -1.20. The number of thiophene rings is 1. The molecule has 6 nitrogen and oxygen atoms in total. The highest BCUT2D eigenvalue weighted by Crippen LogP contribution is 2.20. The largest absolute Gasteiger partial charge is 0.478 e. The van der Waals surface area contributed by atoms with Crippen LogP contribution in [0.3, 0.4) is 0 Å². The third kappa shape index (κ3) is 5.66. The molecule has 0 saturated carbocycles. The second-order valence-corrected chi connectivity index (χ2v) is 5.07. The highest BCUT2D eigenvalue weighted by Gasteiger charge is 2.19. The Kier molecular flexibility index (Phi) is 7.66. The molecule has 0 aliphatic rings. The van der Waals surface area contributed by atoms with E-state index < -0.39 is 5.97 Å². The molecule has 0 spiro atoms. The Hall–Kier alpha value is -1.70. The molecule has 0 unspecified atom stereocenters. The summed E-state index contributed by atoms with van der Waals surface area (Å²) in [6.45, 7) is 1.78. The first kappa shape index (κ1) is 17.4. The minimum absolute atomic E-state index is 0.149. The Morgan fingerprint density at radius 2 is 1.90 bits per heavy atom. The third-order valence-corrected chi connectivity index (χ3v) is 3.63. The van der Waals surface area contributed by atoms with E-state index in [0.717, 1.165) is 6.08 Å². The fraction of sp³-hybridized carbons (Fsp3) is 0.429. The Morgan fingerprint density at radius 3 is 2.43 bits per heavy atom. The first-order valence-electron chi connectivity index (χ1n) is 6.35. The zero-order valence-electron chi connectivity index (χ0n) is 12.1. The monoisotopic (exact) mass is 313 g/mol. The van der Waals surface area contributed by atoms with E-state index in [9.17, 15) is 9.59 Å². The molecule has 1 aromatic heterocycles. The highest BCUT2D eigenvalue weighted by molar-refractivity contribution is 7.12. The zero-order chi connectivity index (χ0) is 15.7. The molecule has 0 aliphatic carbocycles. The summed E-state index contributed by atoms with van der Waals surface area (Å²) >= 11 is 1.29. The number of carbonyl (C=O) groups excluding carboxylic acids is 1. The van der Waals surface area contributed by atoms with Gasteiger partial charge in [-0.25, -0.2) is 4.79 Å². The van der Waals surface area contributed by atoms with Crippen LogP contribution in [0.4, 0.5) is 0 Å². The molecule has 1 aromatic rings. The molecule has 21 heavy (non-hydrogen) atoms. The normalized spacial score (nSPS) is 11.0. The van der Waals surface area contributed by atoms with Crippen molar-refractivity contribution in [3.8, 4) is 0 Å². The van der Waals surface area contributed by atoms with Crippen molar-refractivity contribution in [2.24, 2.45) is 0 Å². The van der Waals surface area contributed by atoms with E-state index in [1.807, 2.05) is 0 Å². The van der Waals surface area contributed by atoms with Crippen molar-refractivity contribution in [3.05, 3.63) is 28.0 Å². The summed E-state index contributed by atoms with van der Waals surface area (Å²) < 4.78 is 10.0. The fourth-order valence-electron chi connectivity index (χ4n) is 1.65. The van der Waals surface area contributed by atoms with Gasteiger partial charge in [0.1, 0.15) is 0 Å². The first-order valence-corrected chi connectivity index (χ1v) is 7.23. The number of ether oxygens (including phenoxy) is 2. The van der Waals surface area contributed by atoms with E-state index in [0.29, 0.717) is 36.7 Å². The van der Waals surface area contributed by atoms with Crippen LogP contribution in [-0.2, 0) is 14.3 Å². The second kappa shape index (κ2) is 9.28. The van der Waals surface area contributed by atoms with Gasteiger partial charge in [0.05, 0.1) is 18.1 Å². The lowest BCUT2D eigenvalue weighted by Gasteiger charge is -2.21. The number of carboxylic acid groups (broad SMARTS) is 1. The first-order chi connectivity index (χ1) is 10.1. The van der Waals surface area contributed by atoms with Gasteiger partial charge >= 0.3 is 5.97 Å². The molecule has 0 bridgehead atoms. The average Bonchev–Trinajstić information content (AvgIpc) is 2.93. The van der Waals surface area contributed by atoms with Crippen molar-refractivity contribution in [2.75, 3.05) is 40.5 Å². The number of amides is 1. The maximum atomic E-state index is 12.5. The lowest BCUT2D eigenvalue weighted by molar-refractivity contribution is -0.131. The van der Waals surface area contributed by atoms with Crippen molar-refractivity contribution in [1.29, 1.82) is 0 Å². The highest BCUT2D eigenvalue weighted by atomic mass is 32.1. The van der Waals surface area contributed by atoms with Crippen LogP contribution in [0.25, 0.3) is 6.08 Å². The number of rotatable bonds is 9. The molecule has 1 amide bonds. The molecule has 0 radical (unpaired) electrons. The summed E-state index contributed by atoms with van der Waals surface area (Å²) in [7, 11) is 3.15. The lowest BCUT2D eigenvalue weighted by atomic mass is 10.2. The fourth-order valence-corrected chi connectivity index (χ4v) is 2.50. The van der Waals surface area contributed by atoms with Gasteiger partial charge in [0.15, 0.2) is 0 Å². The van der Waals surface area contributed by atoms with Crippen LogP contribution in [0.1, 0.15) is 15.2 Å². The number of nitrogens with zero attached hydrogens (tertiary/aromatic N) is 1. The molecule has 0 aromatic carbocycles. The summed E-state index contributed by atoms with van der Waals surface area (Å²) in [4.78, 5) is 25.3. The number of carboxylic acids is 1. The molecule has 0 aliphatic heterocycles. The van der Waals surface area contributed by atoms with Crippen LogP contribution in [0.15, 0.2) is 17.5 Å². The molecule has 1 rings (SSSR count). The second-order valence-electron chi connectivity index (χ2n) is 4.15. The maximum Gasteiger partial charge on any atom is 0.328 e. The van der Waals surface area contributed by atoms with E-state index in [1.165, 1.54) is 17.4 Å². The van der Waals surface area contributed by atoms with E-state index in [-0.39, 0.29) is 5.91 Å². The molecule has 0 atom stereocenters. The van der Waals surface area contributed by atoms with Gasteiger partial charge in [0.25, 0.3) is 5.91 Å². The Morgan fingerprint density at radius 1 is 1.29 bits per heavy atom. The van der Waals surface area contributed by atoms with Gasteiger partial charge in [-0.2, -0.15) is 0 Å². The quantitative estimate of drug-likeness (QED) is 0.701. The molecule has 1 N–H and O–H groups in total. The number of hydrogen-bond donors (Lipinski definition) is 1. The maximum absolute atomic E-state index is 12.5. The number of methoxy groups -OCH3 is 2. The SMILES string of the molecule is COCCN(CCOC)C(=O)c1sccc1C=CC(=O)O. The van der Waals surface area contributed by atoms with Crippen molar-refractivity contribution in [2.45, 2.75) is 0 Å². The van der Waals surface area contributed by atoms with Crippen LogP contribution < -0.4 is 0 Å². The summed E-state index contributed by atoms with van der Waals surface area (Å²) in [5, 5.41) is 10.4.